The topological polar surface area (TPSA) is 75.4 Å². The Kier molecular flexibility index (Phi) is 5.77. The Morgan fingerprint density at radius 2 is 2.17 bits per heavy atom. The van der Waals surface area contributed by atoms with Crippen molar-refractivity contribution in [3.63, 3.8) is 0 Å². The summed E-state index contributed by atoms with van der Waals surface area (Å²) in [6.07, 6.45) is 2.25. The van der Waals surface area contributed by atoms with E-state index in [2.05, 4.69) is 12.2 Å². The number of amides is 2. The molecular formula is C18H27N3O2. The van der Waals surface area contributed by atoms with Crippen molar-refractivity contribution in [1.29, 1.82) is 0 Å². The van der Waals surface area contributed by atoms with Crippen LogP contribution in [0.4, 0.5) is 5.69 Å². The van der Waals surface area contributed by atoms with E-state index in [1.807, 2.05) is 17.9 Å². The predicted molar refractivity (Wildman–Crippen MR) is 92.3 cm³/mol. The van der Waals surface area contributed by atoms with Gasteiger partial charge in [-0.2, -0.15) is 0 Å². The van der Waals surface area contributed by atoms with Gasteiger partial charge >= 0.3 is 0 Å². The Hall–Kier alpha value is -1.88. The molecule has 1 saturated heterocycles. The van der Waals surface area contributed by atoms with Crippen LogP contribution in [-0.4, -0.2) is 36.3 Å². The van der Waals surface area contributed by atoms with Gasteiger partial charge in [-0.05, 0) is 49.4 Å². The van der Waals surface area contributed by atoms with Gasteiger partial charge in [-0.3, -0.25) is 9.59 Å². The monoisotopic (exact) mass is 317 g/mol. The number of aryl methyl sites for hydroxylation is 1. The number of anilines is 1. The quantitative estimate of drug-likeness (QED) is 0.895. The third kappa shape index (κ3) is 4.32. The van der Waals surface area contributed by atoms with Gasteiger partial charge in [0, 0.05) is 36.8 Å². The van der Waals surface area contributed by atoms with Crippen molar-refractivity contribution in [3.8, 4) is 0 Å². The van der Waals surface area contributed by atoms with Crippen molar-refractivity contribution >= 4 is 17.5 Å². The molecule has 5 heteroatoms. The summed E-state index contributed by atoms with van der Waals surface area (Å²) in [4.78, 5) is 26.5. The minimum Gasteiger partial charge on any atom is -0.338 e. The SMILES string of the molecule is Cc1cc(C(=O)N2CCCC(C)C2)ccc1NC(=O)C(C)CN. The summed E-state index contributed by atoms with van der Waals surface area (Å²) in [7, 11) is 0. The lowest BCUT2D eigenvalue weighted by molar-refractivity contribution is -0.119. The summed E-state index contributed by atoms with van der Waals surface area (Å²) >= 11 is 0. The zero-order valence-corrected chi connectivity index (χ0v) is 14.3. The van der Waals surface area contributed by atoms with Crippen LogP contribution in [0.15, 0.2) is 18.2 Å². The fraction of sp³-hybridized carbons (Fsp3) is 0.556. The van der Waals surface area contributed by atoms with Crippen LogP contribution in [0.5, 0.6) is 0 Å². The second-order valence-electron chi connectivity index (χ2n) is 6.65. The van der Waals surface area contributed by atoms with Gasteiger partial charge in [-0.1, -0.05) is 13.8 Å². The first-order valence-corrected chi connectivity index (χ1v) is 8.33. The second kappa shape index (κ2) is 7.59. The second-order valence-corrected chi connectivity index (χ2v) is 6.65. The van der Waals surface area contributed by atoms with E-state index in [1.54, 1.807) is 19.1 Å². The van der Waals surface area contributed by atoms with E-state index in [9.17, 15) is 9.59 Å². The van der Waals surface area contributed by atoms with E-state index < -0.39 is 0 Å². The van der Waals surface area contributed by atoms with Crippen molar-refractivity contribution in [2.24, 2.45) is 17.6 Å². The van der Waals surface area contributed by atoms with E-state index in [0.717, 1.165) is 30.8 Å². The molecule has 2 rings (SSSR count). The van der Waals surface area contributed by atoms with Crippen molar-refractivity contribution in [3.05, 3.63) is 29.3 Å². The number of carbonyl (C=O) groups excluding carboxylic acids is 2. The number of nitrogens with two attached hydrogens (primary N) is 1. The minimum absolute atomic E-state index is 0.0767. The zero-order chi connectivity index (χ0) is 17.0. The summed E-state index contributed by atoms with van der Waals surface area (Å²) in [5, 5.41) is 2.87. The highest BCUT2D eigenvalue weighted by Gasteiger charge is 2.22. The summed E-state index contributed by atoms with van der Waals surface area (Å²) in [5.41, 5.74) is 7.82. The smallest absolute Gasteiger partial charge is 0.253 e. The Morgan fingerprint density at radius 3 is 2.78 bits per heavy atom. The van der Waals surface area contributed by atoms with Crippen molar-refractivity contribution in [2.45, 2.75) is 33.6 Å². The van der Waals surface area contributed by atoms with Gasteiger partial charge in [0.05, 0.1) is 0 Å². The molecule has 1 aliphatic heterocycles. The molecule has 0 aliphatic carbocycles. The van der Waals surface area contributed by atoms with Gasteiger partial charge in [0.15, 0.2) is 0 Å². The van der Waals surface area contributed by atoms with Gasteiger partial charge in [-0.15, -0.1) is 0 Å². The standard InChI is InChI=1S/C18H27N3O2/c1-12-5-4-8-21(11-12)18(23)15-6-7-16(13(2)9-15)20-17(22)14(3)10-19/h6-7,9,12,14H,4-5,8,10-11,19H2,1-3H3,(H,20,22). The number of rotatable bonds is 4. The number of nitrogens with zero attached hydrogens (tertiary/aromatic N) is 1. The van der Waals surface area contributed by atoms with Crippen LogP contribution >= 0.6 is 0 Å². The molecule has 2 amide bonds. The van der Waals surface area contributed by atoms with Gasteiger partial charge in [0.1, 0.15) is 0 Å². The summed E-state index contributed by atoms with van der Waals surface area (Å²) in [6, 6.07) is 5.44. The van der Waals surface area contributed by atoms with Crippen LogP contribution in [0.25, 0.3) is 0 Å². The largest absolute Gasteiger partial charge is 0.338 e. The lowest BCUT2D eigenvalue weighted by Crippen LogP contribution is -2.39. The number of carbonyl (C=O) groups is 2. The molecule has 0 saturated carbocycles. The molecule has 0 bridgehead atoms. The molecule has 1 heterocycles. The molecule has 1 fully saturated rings. The Labute approximate surface area is 138 Å². The fourth-order valence-electron chi connectivity index (χ4n) is 2.86. The number of hydrogen-bond acceptors (Lipinski definition) is 3. The van der Waals surface area contributed by atoms with Crippen LogP contribution in [-0.2, 0) is 4.79 Å². The van der Waals surface area contributed by atoms with E-state index in [1.165, 1.54) is 6.42 Å². The van der Waals surface area contributed by atoms with E-state index >= 15 is 0 Å². The van der Waals surface area contributed by atoms with Crippen LogP contribution < -0.4 is 11.1 Å². The third-order valence-corrected chi connectivity index (χ3v) is 4.48. The zero-order valence-electron chi connectivity index (χ0n) is 14.3. The number of piperidine rings is 1. The highest BCUT2D eigenvalue weighted by molar-refractivity contribution is 5.97. The molecule has 1 aliphatic rings. The number of likely N-dealkylation sites (tertiary alicyclic amines) is 1. The van der Waals surface area contributed by atoms with Crippen LogP contribution in [0.2, 0.25) is 0 Å². The molecule has 5 nitrogen and oxygen atoms in total. The van der Waals surface area contributed by atoms with Crippen LogP contribution in [0.1, 0.15) is 42.6 Å². The fourth-order valence-corrected chi connectivity index (χ4v) is 2.86. The first kappa shape index (κ1) is 17.5. The number of hydrogen-bond donors (Lipinski definition) is 2. The van der Waals surface area contributed by atoms with Crippen LogP contribution in [0.3, 0.4) is 0 Å². The maximum absolute atomic E-state index is 12.6. The lowest BCUT2D eigenvalue weighted by atomic mass is 9.99. The van der Waals surface area contributed by atoms with E-state index in [0.29, 0.717) is 18.0 Å². The summed E-state index contributed by atoms with van der Waals surface area (Å²) in [6.45, 7) is 7.84. The average Bonchev–Trinajstić information content (AvgIpc) is 2.55. The van der Waals surface area contributed by atoms with Gasteiger partial charge in [0.2, 0.25) is 5.91 Å². The van der Waals surface area contributed by atoms with Gasteiger partial charge in [-0.25, -0.2) is 0 Å². The highest BCUT2D eigenvalue weighted by atomic mass is 16.2. The summed E-state index contributed by atoms with van der Waals surface area (Å²) < 4.78 is 0. The Morgan fingerprint density at radius 1 is 1.43 bits per heavy atom. The van der Waals surface area contributed by atoms with Gasteiger partial charge < -0.3 is 16.0 Å². The minimum atomic E-state index is -0.231. The highest BCUT2D eigenvalue weighted by Crippen LogP contribution is 2.21. The molecule has 1 aromatic carbocycles. The molecule has 0 aromatic heterocycles. The molecule has 23 heavy (non-hydrogen) atoms. The lowest BCUT2D eigenvalue weighted by Gasteiger charge is -2.31. The van der Waals surface area contributed by atoms with Crippen LogP contribution in [0, 0.1) is 18.8 Å². The molecule has 2 unspecified atom stereocenters. The number of nitrogens with one attached hydrogen (secondary N) is 1. The molecule has 3 N–H and O–H groups in total. The molecule has 1 aromatic rings. The molecule has 0 spiro atoms. The van der Waals surface area contributed by atoms with E-state index in [4.69, 9.17) is 5.73 Å². The van der Waals surface area contributed by atoms with Crippen molar-refractivity contribution in [2.75, 3.05) is 25.0 Å². The normalized spacial score (nSPS) is 19.3. The third-order valence-electron chi connectivity index (χ3n) is 4.48. The Bertz CT molecular complexity index is 586. The predicted octanol–water partition coefficient (Wildman–Crippen LogP) is 2.40. The maximum Gasteiger partial charge on any atom is 0.253 e. The first-order valence-electron chi connectivity index (χ1n) is 8.33. The molecule has 0 radical (unpaired) electrons. The van der Waals surface area contributed by atoms with Crippen molar-refractivity contribution in [1.82, 2.24) is 4.90 Å². The molecule has 2 atom stereocenters. The van der Waals surface area contributed by atoms with E-state index in [-0.39, 0.29) is 17.7 Å². The molecule has 126 valence electrons. The first-order chi connectivity index (χ1) is 10.9. The molecular weight excluding hydrogens is 290 g/mol. The Balaban J connectivity index is 2.09. The maximum atomic E-state index is 12.6. The summed E-state index contributed by atoms with van der Waals surface area (Å²) in [5.74, 6) is 0.308. The average molecular weight is 317 g/mol. The van der Waals surface area contributed by atoms with Gasteiger partial charge in [0.25, 0.3) is 5.91 Å². The van der Waals surface area contributed by atoms with Crippen molar-refractivity contribution < 1.29 is 9.59 Å². The number of benzene rings is 1.